The Hall–Kier alpha value is -0.250. The lowest BCUT2D eigenvalue weighted by atomic mass is 10.0. The summed E-state index contributed by atoms with van der Waals surface area (Å²) in [5.41, 5.74) is 1.19. The summed E-state index contributed by atoms with van der Waals surface area (Å²) in [7, 11) is 0. The molecule has 0 amide bonds. The maximum Gasteiger partial charge on any atom is 0.107 e. The molecule has 5 heteroatoms. The highest BCUT2D eigenvalue weighted by atomic mass is 79.9. The second-order valence-electron chi connectivity index (χ2n) is 3.71. The van der Waals surface area contributed by atoms with Crippen LogP contribution in [0.15, 0.2) is 40.9 Å². The maximum absolute atomic E-state index is 10.4. The molecule has 0 fully saturated rings. The third-order valence-corrected chi connectivity index (χ3v) is 4.32. The van der Waals surface area contributed by atoms with Crippen molar-refractivity contribution in [3.63, 3.8) is 0 Å². The van der Waals surface area contributed by atoms with E-state index in [1.807, 2.05) is 0 Å². The van der Waals surface area contributed by atoms with Gasteiger partial charge in [-0.25, -0.2) is 0 Å². The highest BCUT2D eigenvalue weighted by molar-refractivity contribution is 9.10. The number of halogens is 4. The molecular weight excluding hydrogens is 358 g/mol. The average molecular weight is 366 g/mol. The average Bonchev–Trinajstić information content (AvgIpc) is 2.35. The van der Waals surface area contributed by atoms with E-state index in [9.17, 15) is 5.11 Å². The fourth-order valence-corrected chi connectivity index (χ4v) is 2.68. The van der Waals surface area contributed by atoms with Crippen molar-refractivity contribution in [2.45, 2.75) is 6.10 Å². The lowest BCUT2D eigenvalue weighted by Gasteiger charge is -2.15. The minimum Gasteiger partial charge on any atom is -0.384 e. The van der Waals surface area contributed by atoms with Crippen LogP contribution in [0.25, 0.3) is 0 Å². The standard InChI is InChI=1S/C13H8BrCl3O/c14-10-5-4-7(15)6-9(10)13(18)8-2-1-3-11(16)12(8)17/h1-6,13,18H. The number of benzene rings is 2. The Bertz CT molecular complexity index is 584. The molecule has 2 aromatic carbocycles. The van der Waals surface area contributed by atoms with E-state index in [1.54, 1.807) is 36.4 Å². The maximum atomic E-state index is 10.4. The molecule has 0 bridgehead atoms. The van der Waals surface area contributed by atoms with Crippen molar-refractivity contribution < 1.29 is 5.11 Å². The molecule has 2 aromatic rings. The smallest absolute Gasteiger partial charge is 0.107 e. The molecule has 1 atom stereocenters. The van der Waals surface area contributed by atoms with Gasteiger partial charge >= 0.3 is 0 Å². The molecule has 0 radical (unpaired) electrons. The van der Waals surface area contributed by atoms with E-state index in [2.05, 4.69) is 15.9 Å². The van der Waals surface area contributed by atoms with Crippen LogP contribution in [-0.2, 0) is 0 Å². The van der Waals surface area contributed by atoms with Crippen LogP contribution in [-0.4, -0.2) is 5.11 Å². The normalized spacial score (nSPS) is 12.5. The van der Waals surface area contributed by atoms with Gasteiger partial charge in [0.15, 0.2) is 0 Å². The summed E-state index contributed by atoms with van der Waals surface area (Å²) in [4.78, 5) is 0. The summed E-state index contributed by atoms with van der Waals surface area (Å²) in [6.45, 7) is 0. The molecule has 0 aliphatic rings. The van der Waals surface area contributed by atoms with E-state index in [1.165, 1.54) is 0 Å². The Kier molecular flexibility index (Phi) is 4.57. The van der Waals surface area contributed by atoms with E-state index in [-0.39, 0.29) is 0 Å². The molecule has 0 saturated heterocycles. The number of rotatable bonds is 2. The van der Waals surface area contributed by atoms with E-state index in [0.29, 0.717) is 26.2 Å². The molecule has 1 N–H and O–H groups in total. The van der Waals surface area contributed by atoms with E-state index in [4.69, 9.17) is 34.8 Å². The number of hydrogen-bond donors (Lipinski definition) is 1. The van der Waals surface area contributed by atoms with Gasteiger partial charge in [-0.3, -0.25) is 0 Å². The van der Waals surface area contributed by atoms with Crippen LogP contribution in [0.4, 0.5) is 0 Å². The SMILES string of the molecule is OC(c1cc(Cl)ccc1Br)c1cccc(Cl)c1Cl. The first kappa shape index (κ1) is 14.2. The third-order valence-electron chi connectivity index (χ3n) is 2.53. The van der Waals surface area contributed by atoms with Crippen LogP contribution in [0.2, 0.25) is 15.1 Å². The molecule has 0 aromatic heterocycles. The van der Waals surface area contributed by atoms with Crippen molar-refractivity contribution in [1.29, 1.82) is 0 Å². The molecular formula is C13H8BrCl3O. The van der Waals surface area contributed by atoms with Crippen molar-refractivity contribution in [3.8, 4) is 0 Å². The molecule has 0 saturated carbocycles. The lowest BCUT2D eigenvalue weighted by Crippen LogP contribution is -2.01. The lowest BCUT2D eigenvalue weighted by molar-refractivity contribution is 0.219. The summed E-state index contributed by atoms with van der Waals surface area (Å²) in [6.07, 6.45) is -0.885. The zero-order valence-corrected chi connectivity index (χ0v) is 12.9. The van der Waals surface area contributed by atoms with Gasteiger partial charge in [-0.15, -0.1) is 0 Å². The van der Waals surface area contributed by atoms with Crippen molar-refractivity contribution in [2.75, 3.05) is 0 Å². The summed E-state index contributed by atoms with van der Waals surface area (Å²) < 4.78 is 0.760. The van der Waals surface area contributed by atoms with Gasteiger partial charge in [0, 0.05) is 20.6 Å². The van der Waals surface area contributed by atoms with Crippen LogP contribution in [0, 0.1) is 0 Å². The predicted molar refractivity (Wildman–Crippen MR) is 79.7 cm³/mol. The van der Waals surface area contributed by atoms with Gasteiger partial charge < -0.3 is 5.11 Å². The summed E-state index contributed by atoms with van der Waals surface area (Å²) in [5, 5.41) is 11.7. The summed E-state index contributed by atoms with van der Waals surface area (Å²) in [6, 6.07) is 10.3. The first-order valence-electron chi connectivity index (χ1n) is 5.07. The Morgan fingerprint density at radius 2 is 1.72 bits per heavy atom. The van der Waals surface area contributed by atoms with Crippen LogP contribution in [0.5, 0.6) is 0 Å². The van der Waals surface area contributed by atoms with Gasteiger partial charge in [0.25, 0.3) is 0 Å². The molecule has 94 valence electrons. The van der Waals surface area contributed by atoms with Gasteiger partial charge in [-0.1, -0.05) is 62.9 Å². The molecule has 2 rings (SSSR count). The largest absolute Gasteiger partial charge is 0.384 e. The zero-order chi connectivity index (χ0) is 13.3. The number of aliphatic hydroxyl groups excluding tert-OH is 1. The van der Waals surface area contributed by atoms with Crippen LogP contribution in [0.1, 0.15) is 17.2 Å². The highest BCUT2D eigenvalue weighted by Gasteiger charge is 2.18. The predicted octanol–water partition coefficient (Wildman–Crippen LogP) is 5.49. The van der Waals surface area contributed by atoms with E-state index in [0.717, 1.165) is 4.47 Å². The van der Waals surface area contributed by atoms with Crippen molar-refractivity contribution in [3.05, 3.63) is 67.1 Å². The monoisotopic (exact) mass is 364 g/mol. The van der Waals surface area contributed by atoms with Crippen LogP contribution >= 0.6 is 50.7 Å². The molecule has 0 aliphatic carbocycles. The van der Waals surface area contributed by atoms with Crippen molar-refractivity contribution >= 4 is 50.7 Å². The Morgan fingerprint density at radius 3 is 2.44 bits per heavy atom. The Morgan fingerprint density at radius 1 is 1.00 bits per heavy atom. The number of hydrogen-bond acceptors (Lipinski definition) is 1. The summed E-state index contributed by atoms with van der Waals surface area (Å²) in [5.74, 6) is 0. The molecule has 0 heterocycles. The highest BCUT2D eigenvalue weighted by Crippen LogP contribution is 2.36. The van der Waals surface area contributed by atoms with Gasteiger partial charge in [0.1, 0.15) is 6.10 Å². The second-order valence-corrected chi connectivity index (χ2v) is 5.79. The van der Waals surface area contributed by atoms with E-state index >= 15 is 0 Å². The topological polar surface area (TPSA) is 20.2 Å². The zero-order valence-electron chi connectivity index (χ0n) is 9.00. The fraction of sp³-hybridized carbons (Fsp3) is 0.0769. The minimum absolute atomic E-state index is 0.346. The fourth-order valence-electron chi connectivity index (χ4n) is 1.62. The minimum atomic E-state index is -0.885. The van der Waals surface area contributed by atoms with Gasteiger partial charge in [0.05, 0.1) is 10.0 Å². The molecule has 0 spiro atoms. The van der Waals surface area contributed by atoms with Crippen LogP contribution in [0.3, 0.4) is 0 Å². The molecule has 18 heavy (non-hydrogen) atoms. The quantitative estimate of drug-likeness (QED) is 0.745. The Labute approximate surface area is 128 Å². The third kappa shape index (κ3) is 2.84. The first-order valence-corrected chi connectivity index (χ1v) is 7.00. The molecule has 0 aliphatic heterocycles. The van der Waals surface area contributed by atoms with E-state index < -0.39 is 6.10 Å². The second kappa shape index (κ2) is 5.81. The van der Waals surface area contributed by atoms with Gasteiger partial charge in [-0.2, -0.15) is 0 Å². The van der Waals surface area contributed by atoms with Crippen LogP contribution < -0.4 is 0 Å². The van der Waals surface area contributed by atoms with Crippen molar-refractivity contribution in [1.82, 2.24) is 0 Å². The Balaban J connectivity index is 2.51. The van der Waals surface area contributed by atoms with Gasteiger partial charge in [-0.05, 0) is 24.3 Å². The van der Waals surface area contributed by atoms with Gasteiger partial charge in [0.2, 0.25) is 0 Å². The van der Waals surface area contributed by atoms with Crippen molar-refractivity contribution in [2.24, 2.45) is 0 Å². The first-order chi connectivity index (χ1) is 8.50. The number of aliphatic hydroxyl groups is 1. The molecule has 1 nitrogen and oxygen atoms in total. The molecule has 1 unspecified atom stereocenters. The summed E-state index contributed by atoms with van der Waals surface area (Å²) >= 11 is 21.3.